The van der Waals surface area contributed by atoms with E-state index in [1.165, 1.54) is 33.0 Å². The van der Waals surface area contributed by atoms with Crippen LogP contribution in [0.5, 0.6) is 0 Å². The fraction of sp³-hybridized carbons (Fsp3) is 0.867. The van der Waals surface area contributed by atoms with Crippen molar-refractivity contribution in [2.24, 2.45) is 0 Å². The molecule has 1 aliphatic heterocycles. The van der Waals surface area contributed by atoms with E-state index in [9.17, 15) is 26.4 Å². The van der Waals surface area contributed by atoms with Gasteiger partial charge >= 0.3 is 0 Å². The zero-order chi connectivity index (χ0) is 21.9. The Hall–Kier alpha value is -1.28. The lowest BCUT2D eigenvalue weighted by Crippen LogP contribution is -2.53. The first-order chi connectivity index (χ1) is 12.7. The van der Waals surface area contributed by atoms with E-state index in [1.807, 2.05) is 0 Å². The number of sulfonamides is 1. The molecule has 0 aromatic carbocycles. The highest BCUT2D eigenvalue weighted by Gasteiger charge is 2.31. The average Bonchev–Trinajstić information content (AvgIpc) is 2.58. The summed E-state index contributed by atoms with van der Waals surface area (Å²) in [6.07, 6.45) is 2.06. The third-order valence-electron chi connectivity index (χ3n) is 4.69. The van der Waals surface area contributed by atoms with E-state index in [1.54, 1.807) is 11.9 Å². The zero-order valence-electron chi connectivity index (χ0n) is 17.2. The molecule has 13 heteroatoms. The summed E-state index contributed by atoms with van der Waals surface area (Å²) in [7, 11) is -1.39. The largest absolute Gasteiger partial charge is 0.341 e. The van der Waals surface area contributed by atoms with Crippen molar-refractivity contribution in [1.29, 1.82) is 0 Å². The van der Waals surface area contributed by atoms with Crippen LogP contribution in [-0.2, 0) is 29.8 Å². The molecule has 0 aromatic heterocycles. The summed E-state index contributed by atoms with van der Waals surface area (Å²) in [5, 5.41) is 0. The molecule has 0 aromatic rings. The van der Waals surface area contributed by atoms with E-state index in [0.29, 0.717) is 25.9 Å². The minimum Gasteiger partial charge on any atom is -0.341 e. The molecule has 1 aliphatic rings. The lowest BCUT2D eigenvalue weighted by atomic mass is 10.0. The Kier molecular flexibility index (Phi) is 8.38. The van der Waals surface area contributed by atoms with Crippen LogP contribution in [0.1, 0.15) is 19.8 Å². The van der Waals surface area contributed by atoms with Crippen molar-refractivity contribution < 1.29 is 26.4 Å². The maximum Gasteiger partial charge on any atom is 0.281 e. The van der Waals surface area contributed by atoms with E-state index in [0.717, 1.165) is 14.9 Å². The van der Waals surface area contributed by atoms with E-state index in [4.69, 9.17) is 0 Å². The molecule has 1 atom stereocenters. The maximum atomic E-state index is 12.4. The Balaban J connectivity index is 2.60. The van der Waals surface area contributed by atoms with Crippen molar-refractivity contribution in [3.63, 3.8) is 0 Å². The number of likely N-dealkylation sites (tertiary alicyclic amines) is 1. The quantitative estimate of drug-likeness (QED) is 0.469. The van der Waals surface area contributed by atoms with Gasteiger partial charge in [0.15, 0.2) is 0 Å². The van der Waals surface area contributed by atoms with Gasteiger partial charge in [-0.2, -0.15) is 17.0 Å². The highest BCUT2D eigenvalue weighted by atomic mass is 32.2. The predicted molar refractivity (Wildman–Crippen MR) is 105 cm³/mol. The number of rotatable bonds is 8. The summed E-state index contributed by atoms with van der Waals surface area (Å²) in [4.78, 5) is 27.9. The van der Waals surface area contributed by atoms with Crippen molar-refractivity contribution >= 4 is 32.0 Å². The number of hydrogen-bond acceptors (Lipinski definition) is 6. The average molecular weight is 442 g/mol. The normalized spacial score (nSPS) is 17.8. The standard InChI is InChI=1S/C15H31N5O6S2/c1-12(16-27(6,23)24)15(22)20-9-7-13(8-10-20)19(5)14(21)11-18(4)28(25,26)17(2)3/h12-13,16H,7-11H2,1-6H3. The van der Waals surface area contributed by atoms with Crippen LogP contribution in [-0.4, -0.2) is 113 Å². The van der Waals surface area contributed by atoms with Gasteiger partial charge in [-0.25, -0.2) is 13.1 Å². The molecule has 1 heterocycles. The molecule has 0 aliphatic carbocycles. The summed E-state index contributed by atoms with van der Waals surface area (Å²) >= 11 is 0. The number of likely N-dealkylation sites (N-methyl/N-ethyl adjacent to an activating group) is 2. The lowest BCUT2D eigenvalue weighted by Gasteiger charge is -2.38. The van der Waals surface area contributed by atoms with E-state index in [2.05, 4.69) is 4.72 Å². The summed E-state index contributed by atoms with van der Waals surface area (Å²) in [5.41, 5.74) is 0. The number of amides is 2. The number of carbonyl (C=O) groups excluding carboxylic acids is 2. The van der Waals surface area contributed by atoms with Crippen LogP contribution in [0.3, 0.4) is 0 Å². The second-order valence-corrected chi connectivity index (χ2v) is 11.2. The maximum absolute atomic E-state index is 12.4. The van der Waals surface area contributed by atoms with Crippen LogP contribution in [0.25, 0.3) is 0 Å². The van der Waals surface area contributed by atoms with Crippen molar-refractivity contribution in [1.82, 2.24) is 23.1 Å². The molecular formula is C15H31N5O6S2. The minimum absolute atomic E-state index is 0.120. The van der Waals surface area contributed by atoms with Crippen LogP contribution in [0.4, 0.5) is 0 Å². The van der Waals surface area contributed by atoms with Crippen LogP contribution in [0, 0.1) is 0 Å². The summed E-state index contributed by atoms with van der Waals surface area (Å²) < 4.78 is 50.9. The van der Waals surface area contributed by atoms with Gasteiger partial charge in [-0.3, -0.25) is 9.59 Å². The van der Waals surface area contributed by atoms with Gasteiger partial charge in [0.25, 0.3) is 10.2 Å². The van der Waals surface area contributed by atoms with Gasteiger partial charge in [0.2, 0.25) is 21.8 Å². The molecule has 1 rings (SSSR count). The van der Waals surface area contributed by atoms with Crippen molar-refractivity contribution in [3.8, 4) is 0 Å². The Labute approximate surface area is 167 Å². The first-order valence-corrected chi connectivity index (χ1v) is 12.1. The molecule has 1 unspecified atom stereocenters. The first kappa shape index (κ1) is 24.8. The minimum atomic E-state index is -3.67. The Bertz CT molecular complexity index is 775. The molecule has 0 spiro atoms. The van der Waals surface area contributed by atoms with Crippen LogP contribution in [0.2, 0.25) is 0 Å². The van der Waals surface area contributed by atoms with Crippen LogP contribution in [0.15, 0.2) is 0 Å². The van der Waals surface area contributed by atoms with Gasteiger partial charge < -0.3 is 9.80 Å². The van der Waals surface area contributed by atoms with Gasteiger partial charge in [-0.05, 0) is 19.8 Å². The van der Waals surface area contributed by atoms with Crippen molar-refractivity contribution in [2.45, 2.75) is 31.8 Å². The van der Waals surface area contributed by atoms with Crippen LogP contribution >= 0.6 is 0 Å². The summed E-state index contributed by atoms with van der Waals surface area (Å²) in [6, 6.07) is -0.971. The molecule has 1 N–H and O–H groups in total. The zero-order valence-corrected chi connectivity index (χ0v) is 18.9. The fourth-order valence-corrected chi connectivity index (χ4v) is 4.56. The Morgan fingerprint density at radius 3 is 2.00 bits per heavy atom. The summed E-state index contributed by atoms with van der Waals surface area (Å²) in [5.74, 6) is -0.639. The number of nitrogens with one attached hydrogen (secondary N) is 1. The van der Waals surface area contributed by atoms with Gasteiger partial charge in [0.1, 0.15) is 0 Å². The molecule has 0 saturated carbocycles. The van der Waals surface area contributed by atoms with Gasteiger partial charge in [0, 0.05) is 47.3 Å². The van der Waals surface area contributed by atoms with Crippen molar-refractivity contribution in [3.05, 3.63) is 0 Å². The smallest absolute Gasteiger partial charge is 0.281 e. The lowest BCUT2D eigenvalue weighted by molar-refractivity contribution is -0.136. The Morgan fingerprint density at radius 1 is 1.07 bits per heavy atom. The number of nitrogens with zero attached hydrogens (tertiary/aromatic N) is 4. The van der Waals surface area contributed by atoms with Gasteiger partial charge in [0.05, 0.1) is 18.8 Å². The number of carbonyl (C=O) groups is 2. The SMILES string of the molecule is CC(NS(C)(=O)=O)C(=O)N1CCC(N(C)C(=O)CN(C)S(=O)(=O)N(C)C)CC1. The predicted octanol–water partition coefficient (Wildman–Crippen LogP) is -1.89. The third kappa shape index (κ3) is 6.65. The topological polar surface area (TPSA) is 127 Å². The highest BCUT2D eigenvalue weighted by Crippen LogP contribution is 2.17. The second-order valence-electron chi connectivity index (χ2n) is 7.22. The number of hydrogen-bond donors (Lipinski definition) is 1. The molecule has 0 radical (unpaired) electrons. The molecule has 11 nitrogen and oxygen atoms in total. The van der Waals surface area contributed by atoms with Crippen LogP contribution < -0.4 is 4.72 Å². The van der Waals surface area contributed by atoms with E-state index < -0.39 is 26.3 Å². The monoisotopic (exact) mass is 441 g/mol. The molecule has 164 valence electrons. The molecule has 28 heavy (non-hydrogen) atoms. The number of piperidine rings is 1. The molecule has 0 bridgehead atoms. The van der Waals surface area contributed by atoms with Crippen molar-refractivity contribution in [2.75, 3.05) is 54.1 Å². The molecular weight excluding hydrogens is 410 g/mol. The molecule has 1 fully saturated rings. The van der Waals surface area contributed by atoms with E-state index in [-0.39, 0.29) is 24.4 Å². The van der Waals surface area contributed by atoms with E-state index >= 15 is 0 Å². The second kappa shape index (κ2) is 9.48. The van der Waals surface area contributed by atoms with Gasteiger partial charge in [-0.15, -0.1) is 0 Å². The molecule has 1 saturated heterocycles. The summed E-state index contributed by atoms with van der Waals surface area (Å²) in [6.45, 7) is 2.00. The molecule has 2 amide bonds. The highest BCUT2D eigenvalue weighted by molar-refractivity contribution is 7.88. The first-order valence-electron chi connectivity index (χ1n) is 8.82. The van der Waals surface area contributed by atoms with Gasteiger partial charge in [-0.1, -0.05) is 0 Å². The Morgan fingerprint density at radius 2 is 1.57 bits per heavy atom. The third-order valence-corrected chi connectivity index (χ3v) is 7.31. The fourth-order valence-electron chi connectivity index (χ4n) is 2.98.